The minimum atomic E-state index is -1.50. The highest BCUT2D eigenvalue weighted by molar-refractivity contribution is 5.86. The van der Waals surface area contributed by atoms with E-state index in [9.17, 15) is 39.0 Å². The maximum Gasteiger partial charge on any atom is 0.326 e. The van der Waals surface area contributed by atoms with Crippen LogP contribution in [0.25, 0.3) is 0 Å². The monoisotopic (exact) mass is 1260 g/mol. The molecule has 1 rings (SSSR count). The number of unbranched alkanes of at least 4 members (excludes halogenated alkanes) is 21. The van der Waals surface area contributed by atoms with Gasteiger partial charge in [0.25, 0.3) is 0 Å². The number of amides is 4. The van der Waals surface area contributed by atoms with Gasteiger partial charge < -0.3 is 55.7 Å². The second kappa shape index (κ2) is 53.0. The Morgan fingerprint density at radius 3 is 1.54 bits per heavy atom. The van der Waals surface area contributed by atoms with Crippen LogP contribution in [0.1, 0.15) is 292 Å². The lowest BCUT2D eigenvalue weighted by atomic mass is 9.86. The number of hydrogen-bond donors (Lipinski definition) is 7. The van der Waals surface area contributed by atoms with Gasteiger partial charge in [-0.05, 0) is 162 Å². The van der Waals surface area contributed by atoms with Gasteiger partial charge in [-0.15, -0.1) is 0 Å². The zero-order valence-corrected chi connectivity index (χ0v) is 57.1. The smallest absolute Gasteiger partial charge is 0.326 e. The maximum absolute atomic E-state index is 13.6. The number of hydrogen-bond acceptors (Lipinski definition) is 10. The highest BCUT2D eigenvalue weighted by Gasteiger charge is 2.41. The van der Waals surface area contributed by atoms with E-state index < -0.39 is 59.2 Å². The van der Waals surface area contributed by atoms with Gasteiger partial charge in [-0.25, -0.2) is 14.4 Å². The molecule has 1 saturated heterocycles. The first-order valence-electron chi connectivity index (χ1n) is 35.5. The Morgan fingerprint density at radius 1 is 0.573 bits per heavy atom. The van der Waals surface area contributed by atoms with E-state index in [2.05, 4.69) is 95.7 Å². The molecule has 0 aromatic rings. The molecule has 4 amide bonds. The molecule has 0 bridgehead atoms. The minimum Gasteiger partial charge on any atom is -0.481 e. The summed E-state index contributed by atoms with van der Waals surface area (Å²) in [6.45, 7) is 15.9. The number of carboxylic acid groups (broad SMARTS) is 3. The first-order chi connectivity index (χ1) is 42.9. The molecule has 17 nitrogen and oxygen atoms in total. The van der Waals surface area contributed by atoms with Crippen molar-refractivity contribution in [1.29, 1.82) is 0 Å². The van der Waals surface area contributed by atoms with Crippen LogP contribution in [0.15, 0.2) is 48.6 Å². The number of aliphatic carboxylic acids is 3. The van der Waals surface area contributed by atoms with Crippen molar-refractivity contribution in [2.24, 2.45) is 5.41 Å². The molecular weight excluding hydrogens is 1130 g/mol. The number of urea groups is 1. The van der Waals surface area contributed by atoms with Gasteiger partial charge in [-0.1, -0.05) is 167 Å². The van der Waals surface area contributed by atoms with Gasteiger partial charge in [0.15, 0.2) is 5.79 Å². The average molecular weight is 1260 g/mol. The van der Waals surface area contributed by atoms with E-state index in [1.165, 1.54) is 128 Å². The standard InChI is InChI=1S/C72H129N5O12/c1-8-13-15-17-19-21-23-25-27-29-31-33-35-37-39-43-52-72(53-44-40-38-36-34-32-30-28-26-24-22-20-18-16-14-9-2)87-59-61(89-72)51-57-77(7)56-47-41-45-55-74-68(85)70(6,10-3)60-88-71(11-4,12-5)58-64(78)73-54-46-42-48-62(66(81)82)75-69(86)76-63(67(83)84)49-50-65(79)80/h19-22,25-28,61-63H,8-18,23-24,29-60H2,1-7H3,(H,73,78)(H,74,85)(H,79,80)(H,81,82)(H,83,84)(H2,75,76,86)/b21-19-,22-20-,27-25-,28-26-/t61?,62-,63-,70?/m1/s1. The highest BCUT2D eigenvalue weighted by Crippen LogP contribution is 2.36. The molecule has 2 unspecified atom stereocenters. The Hall–Kier alpha value is -4.58. The Morgan fingerprint density at radius 2 is 1.04 bits per heavy atom. The third-order valence-corrected chi connectivity index (χ3v) is 17.7. The number of nitrogens with zero attached hydrogens (tertiary/aromatic N) is 1. The van der Waals surface area contributed by atoms with E-state index in [1.807, 2.05) is 27.7 Å². The van der Waals surface area contributed by atoms with Crippen molar-refractivity contribution in [2.45, 2.75) is 322 Å². The largest absolute Gasteiger partial charge is 0.481 e. The van der Waals surface area contributed by atoms with E-state index in [1.54, 1.807) is 0 Å². The van der Waals surface area contributed by atoms with Crippen molar-refractivity contribution in [3.05, 3.63) is 48.6 Å². The predicted octanol–water partition coefficient (Wildman–Crippen LogP) is 15.9. The van der Waals surface area contributed by atoms with E-state index in [0.717, 1.165) is 77.3 Å². The van der Waals surface area contributed by atoms with Crippen LogP contribution < -0.4 is 21.3 Å². The van der Waals surface area contributed by atoms with Crippen LogP contribution in [0.5, 0.6) is 0 Å². The Labute approximate surface area is 540 Å². The van der Waals surface area contributed by atoms with Crippen LogP contribution in [0.4, 0.5) is 4.79 Å². The van der Waals surface area contributed by atoms with Crippen LogP contribution in [-0.4, -0.2) is 132 Å². The highest BCUT2D eigenvalue weighted by atomic mass is 16.7. The van der Waals surface area contributed by atoms with Crippen LogP contribution in [0, 0.1) is 5.41 Å². The van der Waals surface area contributed by atoms with Crippen LogP contribution >= 0.6 is 0 Å². The molecule has 0 aromatic carbocycles. The maximum atomic E-state index is 13.6. The molecule has 0 saturated carbocycles. The number of carboxylic acids is 3. The van der Waals surface area contributed by atoms with Gasteiger partial charge in [0.05, 0.1) is 36.8 Å². The lowest BCUT2D eigenvalue weighted by molar-refractivity contribution is -0.180. The molecule has 17 heteroatoms. The third-order valence-electron chi connectivity index (χ3n) is 17.7. The fourth-order valence-electron chi connectivity index (χ4n) is 11.1. The molecule has 1 fully saturated rings. The Bertz CT molecular complexity index is 1940. The van der Waals surface area contributed by atoms with Crippen molar-refractivity contribution in [2.75, 3.05) is 46.4 Å². The summed E-state index contributed by atoms with van der Waals surface area (Å²) in [6.07, 6.45) is 55.9. The number of ether oxygens (including phenoxy) is 3. The van der Waals surface area contributed by atoms with Gasteiger partial charge >= 0.3 is 23.9 Å². The molecular formula is C72H129N5O12. The zero-order chi connectivity index (χ0) is 65.7. The zero-order valence-electron chi connectivity index (χ0n) is 57.1. The van der Waals surface area contributed by atoms with Gasteiger partial charge in [0.2, 0.25) is 11.8 Å². The second-order valence-electron chi connectivity index (χ2n) is 25.5. The molecule has 514 valence electrons. The summed E-state index contributed by atoms with van der Waals surface area (Å²) in [5.74, 6) is -4.74. The summed E-state index contributed by atoms with van der Waals surface area (Å²) in [6, 6.07) is -3.86. The number of rotatable bonds is 60. The van der Waals surface area contributed by atoms with Crippen LogP contribution in [0.3, 0.4) is 0 Å². The number of carbonyl (C=O) groups is 6. The summed E-state index contributed by atoms with van der Waals surface area (Å²) < 4.78 is 20.1. The molecule has 89 heavy (non-hydrogen) atoms. The summed E-state index contributed by atoms with van der Waals surface area (Å²) in [5, 5.41) is 38.2. The normalized spacial score (nSPS) is 15.8. The first-order valence-corrected chi connectivity index (χ1v) is 35.5. The molecule has 7 N–H and O–H groups in total. The number of allylic oxidation sites excluding steroid dienone is 8. The molecule has 0 aliphatic carbocycles. The first kappa shape index (κ1) is 82.4. The lowest BCUT2D eigenvalue weighted by Crippen LogP contribution is -2.51. The van der Waals surface area contributed by atoms with Crippen LogP contribution in [0.2, 0.25) is 0 Å². The lowest BCUT2D eigenvalue weighted by Gasteiger charge is -2.36. The fraction of sp³-hybridized carbons (Fsp3) is 0.806. The third kappa shape index (κ3) is 42.2. The van der Waals surface area contributed by atoms with E-state index >= 15 is 0 Å². The molecule has 1 heterocycles. The van der Waals surface area contributed by atoms with Gasteiger partial charge in [-0.2, -0.15) is 0 Å². The summed E-state index contributed by atoms with van der Waals surface area (Å²) in [7, 11) is 2.19. The summed E-state index contributed by atoms with van der Waals surface area (Å²) >= 11 is 0. The summed E-state index contributed by atoms with van der Waals surface area (Å²) in [5.41, 5.74) is -1.58. The Balaban J connectivity index is 2.55. The van der Waals surface area contributed by atoms with Gasteiger partial charge in [0, 0.05) is 38.9 Å². The van der Waals surface area contributed by atoms with Crippen molar-refractivity contribution in [3.63, 3.8) is 0 Å². The molecule has 0 aromatic heterocycles. The van der Waals surface area contributed by atoms with Crippen molar-refractivity contribution in [3.8, 4) is 0 Å². The molecule has 0 spiro atoms. The van der Waals surface area contributed by atoms with Crippen LogP contribution in [-0.2, 0) is 38.2 Å². The second-order valence-corrected chi connectivity index (χ2v) is 25.5. The number of carbonyl (C=O) groups excluding carboxylic acids is 3. The summed E-state index contributed by atoms with van der Waals surface area (Å²) in [4.78, 5) is 75.7. The van der Waals surface area contributed by atoms with E-state index in [-0.39, 0.29) is 50.3 Å². The van der Waals surface area contributed by atoms with Crippen molar-refractivity contribution < 1.29 is 58.3 Å². The van der Waals surface area contributed by atoms with E-state index in [0.29, 0.717) is 45.3 Å². The fourth-order valence-corrected chi connectivity index (χ4v) is 11.1. The van der Waals surface area contributed by atoms with E-state index in [4.69, 9.17) is 19.3 Å². The molecule has 4 atom stereocenters. The number of nitrogens with one attached hydrogen (secondary N) is 4. The predicted molar refractivity (Wildman–Crippen MR) is 361 cm³/mol. The van der Waals surface area contributed by atoms with Crippen molar-refractivity contribution in [1.82, 2.24) is 26.2 Å². The topological polar surface area (TPSA) is 242 Å². The molecule has 1 aliphatic heterocycles. The molecule has 1 aliphatic rings. The van der Waals surface area contributed by atoms with Crippen molar-refractivity contribution >= 4 is 35.8 Å². The SMILES string of the molecule is CCCCC/C=C\C/C=C\CCCCCCCCC1(CCCCCCCC/C=C\C/C=C\CCCCC)OCC(CCN(C)CCCCCNC(=O)C(C)(CC)COC(CC)(CC)CC(=O)NCCCC[C@@H](NC(=O)N[C@H](CCC(=O)O)C(=O)O)C(=O)O)O1. The van der Waals surface area contributed by atoms with Gasteiger partial charge in [0.1, 0.15) is 12.1 Å². The molecule has 0 radical (unpaired) electrons. The average Bonchev–Trinajstić information content (AvgIpc) is 4.16. The quantitative estimate of drug-likeness (QED) is 0.0222. The van der Waals surface area contributed by atoms with Gasteiger partial charge in [-0.3, -0.25) is 14.4 Å². The Kier molecular flexibility index (Phi) is 49.1. The minimum absolute atomic E-state index is 0.0149.